The van der Waals surface area contributed by atoms with Gasteiger partial charge in [-0.05, 0) is 26.3 Å². The van der Waals surface area contributed by atoms with Crippen LogP contribution in [-0.2, 0) is 0 Å². The minimum atomic E-state index is 0.430. The zero-order valence-electron chi connectivity index (χ0n) is 8.56. The first-order valence-electron chi connectivity index (χ1n) is 4.97. The van der Waals surface area contributed by atoms with Gasteiger partial charge in [-0.15, -0.1) is 0 Å². The van der Waals surface area contributed by atoms with Crippen molar-refractivity contribution in [2.75, 3.05) is 13.6 Å². The van der Waals surface area contributed by atoms with Crippen LogP contribution in [0.1, 0.15) is 32.6 Å². The van der Waals surface area contributed by atoms with Gasteiger partial charge in [0.15, 0.2) is 0 Å². The third-order valence-electron chi connectivity index (χ3n) is 2.45. The maximum Gasteiger partial charge on any atom is 0.0454 e. The lowest BCUT2D eigenvalue weighted by Crippen LogP contribution is -2.41. The van der Waals surface area contributed by atoms with Gasteiger partial charge in [-0.2, -0.15) is 0 Å². The molecular weight excluding hydrogens is 162 g/mol. The largest absolute Gasteiger partial charge is 0.310 e. The molecule has 3 nitrogen and oxygen atoms in total. The highest BCUT2D eigenvalue weighted by molar-refractivity contribution is 6.04. The molecule has 1 rings (SSSR count). The smallest absolute Gasteiger partial charge is 0.0454 e. The van der Waals surface area contributed by atoms with Crippen molar-refractivity contribution >= 4 is 11.4 Å². The molecule has 0 aliphatic carbocycles. The van der Waals surface area contributed by atoms with Crippen molar-refractivity contribution in [1.82, 2.24) is 5.32 Å². The Balaban J connectivity index is 2.50. The Kier molecular flexibility index (Phi) is 4.09. The number of hydrogen-bond acceptors (Lipinski definition) is 3. The molecule has 0 aromatic carbocycles. The molecule has 1 unspecified atom stereocenters. The van der Waals surface area contributed by atoms with E-state index in [-0.39, 0.29) is 0 Å². The number of aliphatic imine (C=N–C) groups is 1. The van der Waals surface area contributed by atoms with Gasteiger partial charge in [0, 0.05) is 30.9 Å². The van der Waals surface area contributed by atoms with Crippen molar-refractivity contribution < 1.29 is 0 Å². The molecule has 0 spiro atoms. The molecule has 0 amide bonds. The maximum absolute atomic E-state index is 7.44. The van der Waals surface area contributed by atoms with E-state index in [1.807, 2.05) is 14.0 Å². The molecule has 13 heavy (non-hydrogen) atoms. The summed E-state index contributed by atoms with van der Waals surface area (Å²) >= 11 is 0. The van der Waals surface area contributed by atoms with Crippen molar-refractivity contribution in [2.45, 2.75) is 38.6 Å². The molecule has 3 heteroatoms. The second-order valence-electron chi connectivity index (χ2n) is 3.67. The summed E-state index contributed by atoms with van der Waals surface area (Å²) in [6, 6.07) is 0.430. The normalized spacial score (nSPS) is 24.5. The van der Waals surface area contributed by atoms with Crippen molar-refractivity contribution in [3.63, 3.8) is 0 Å². The molecule has 0 aromatic heterocycles. The molecule has 1 fully saturated rings. The van der Waals surface area contributed by atoms with Gasteiger partial charge in [-0.1, -0.05) is 6.42 Å². The summed E-state index contributed by atoms with van der Waals surface area (Å²) in [6.07, 6.45) is 4.47. The predicted octanol–water partition coefficient (Wildman–Crippen LogP) is 1.63. The minimum Gasteiger partial charge on any atom is -0.310 e. The fourth-order valence-electron chi connectivity index (χ4n) is 1.77. The van der Waals surface area contributed by atoms with Gasteiger partial charge in [0.05, 0.1) is 0 Å². The van der Waals surface area contributed by atoms with Crippen LogP contribution in [0.15, 0.2) is 4.99 Å². The summed E-state index contributed by atoms with van der Waals surface area (Å²) in [5.74, 6) is 0. The average molecular weight is 181 g/mol. The van der Waals surface area contributed by atoms with Crippen LogP contribution in [0.5, 0.6) is 0 Å². The van der Waals surface area contributed by atoms with Gasteiger partial charge >= 0.3 is 0 Å². The summed E-state index contributed by atoms with van der Waals surface area (Å²) < 4.78 is 0. The van der Waals surface area contributed by atoms with Crippen molar-refractivity contribution in [1.29, 1.82) is 5.41 Å². The van der Waals surface area contributed by atoms with Crippen LogP contribution in [0.3, 0.4) is 0 Å². The van der Waals surface area contributed by atoms with E-state index in [9.17, 15) is 0 Å². The minimum absolute atomic E-state index is 0.430. The molecule has 1 aliphatic rings. The molecule has 1 atom stereocenters. The topological polar surface area (TPSA) is 48.2 Å². The van der Waals surface area contributed by atoms with E-state index in [1.54, 1.807) is 0 Å². The Morgan fingerprint density at radius 3 is 2.77 bits per heavy atom. The summed E-state index contributed by atoms with van der Waals surface area (Å²) in [6.45, 7) is 2.94. The lowest BCUT2D eigenvalue weighted by atomic mass is 9.97. The Labute approximate surface area is 80.1 Å². The monoisotopic (exact) mass is 181 g/mol. The standard InChI is InChI=1S/C10H19N3/c1-8(11)7-10(12-2)9-5-3-4-6-13-9/h9,11,13H,3-7H2,1-2H3. The van der Waals surface area contributed by atoms with Crippen LogP contribution in [-0.4, -0.2) is 31.1 Å². The first-order valence-corrected chi connectivity index (χ1v) is 4.97. The molecule has 74 valence electrons. The summed E-state index contributed by atoms with van der Waals surface area (Å²) in [7, 11) is 1.83. The Hall–Kier alpha value is -0.700. The molecule has 1 heterocycles. The summed E-state index contributed by atoms with van der Waals surface area (Å²) in [4.78, 5) is 4.27. The first-order chi connectivity index (χ1) is 6.24. The number of nitrogens with one attached hydrogen (secondary N) is 2. The molecule has 0 saturated carbocycles. The molecule has 1 aliphatic heterocycles. The molecule has 2 N–H and O–H groups in total. The third-order valence-corrected chi connectivity index (χ3v) is 2.45. The maximum atomic E-state index is 7.44. The lowest BCUT2D eigenvalue weighted by molar-refractivity contribution is 0.469. The van der Waals surface area contributed by atoms with Gasteiger partial charge < -0.3 is 10.7 Å². The van der Waals surface area contributed by atoms with E-state index >= 15 is 0 Å². The van der Waals surface area contributed by atoms with Gasteiger partial charge in [0.2, 0.25) is 0 Å². The number of piperidine rings is 1. The number of nitrogens with zero attached hydrogens (tertiary/aromatic N) is 1. The van der Waals surface area contributed by atoms with Crippen LogP contribution in [0.4, 0.5) is 0 Å². The zero-order chi connectivity index (χ0) is 9.68. The van der Waals surface area contributed by atoms with Crippen LogP contribution in [0.2, 0.25) is 0 Å². The van der Waals surface area contributed by atoms with Crippen LogP contribution < -0.4 is 5.32 Å². The van der Waals surface area contributed by atoms with Crippen molar-refractivity contribution in [2.24, 2.45) is 4.99 Å². The summed E-state index contributed by atoms with van der Waals surface area (Å²) in [5.41, 5.74) is 1.85. The van der Waals surface area contributed by atoms with Crippen molar-refractivity contribution in [3.8, 4) is 0 Å². The van der Waals surface area contributed by atoms with Gasteiger partial charge in [-0.3, -0.25) is 4.99 Å². The second-order valence-corrected chi connectivity index (χ2v) is 3.67. The summed E-state index contributed by atoms with van der Waals surface area (Å²) in [5, 5.41) is 10.9. The number of rotatable bonds is 3. The Morgan fingerprint density at radius 2 is 2.31 bits per heavy atom. The van der Waals surface area contributed by atoms with E-state index in [0.29, 0.717) is 11.8 Å². The highest BCUT2D eigenvalue weighted by atomic mass is 14.9. The van der Waals surface area contributed by atoms with Crippen molar-refractivity contribution in [3.05, 3.63) is 0 Å². The third kappa shape index (κ3) is 3.27. The van der Waals surface area contributed by atoms with Crippen LogP contribution >= 0.6 is 0 Å². The SMILES string of the molecule is CN=C(CC(C)=N)C1CCCCN1. The molecule has 0 aromatic rings. The van der Waals surface area contributed by atoms with Gasteiger partial charge in [0.1, 0.15) is 0 Å². The molecule has 0 bridgehead atoms. The van der Waals surface area contributed by atoms with Gasteiger partial charge in [-0.25, -0.2) is 0 Å². The molecule has 1 saturated heterocycles. The first kappa shape index (κ1) is 10.4. The second kappa shape index (κ2) is 5.12. The van der Waals surface area contributed by atoms with E-state index in [1.165, 1.54) is 19.3 Å². The van der Waals surface area contributed by atoms with E-state index in [0.717, 1.165) is 18.7 Å². The fraction of sp³-hybridized carbons (Fsp3) is 0.800. The van der Waals surface area contributed by atoms with Crippen LogP contribution in [0.25, 0.3) is 0 Å². The highest BCUT2D eigenvalue weighted by Gasteiger charge is 2.17. The van der Waals surface area contributed by atoms with Gasteiger partial charge in [0.25, 0.3) is 0 Å². The number of hydrogen-bond donors (Lipinski definition) is 2. The van der Waals surface area contributed by atoms with Crippen LogP contribution in [0, 0.1) is 5.41 Å². The predicted molar refractivity (Wildman–Crippen MR) is 57.0 cm³/mol. The zero-order valence-corrected chi connectivity index (χ0v) is 8.56. The van der Waals surface area contributed by atoms with E-state index in [2.05, 4.69) is 10.3 Å². The molecular formula is C10H19N3. The average Bonchev–Trinajstić information content (AvgIpc) is 2.15. The fourth-order valence-corrected chi connectivity index (χ4v) is 1.77. The van der Waals surface area contributed by atoms with E-state index in [4.69, 9.17) is 5.41 Å². The lowest BCUT2D eigenvalue weighted by Gasteiger charge is -2.24. The highest BCUT2D eigenvalue weighted by Crippen LogP contribution is 2.10. The Bertz CT molecular complexity index is 202. The quantitative estimate of drug-likeness (QED) is 0.639. The molecule has 0 radical (unpaired) electrons. The van der Waals surface area contributed by atoms with E-state index < -0.39 is 0 Å². The Morgan fingerprint density at radius 1 is 1.54 bits per heavy atom.